The van der Waals surface area contributed by atoms with Gasteiger partial charge in [0.05, 0.1) is 11.5 Å². The molecule has 0 saturated carbocycles. The number of hydrogen-bond donors (Lipinski definition) is 0. The van der Waals surface area contributed by atoms with Gasteiger partial charge in [0, 0.05) is 16.0 Å². The molecular weight excluding hydrogens is 340 g/mol. The summed E-state index contributed by atoms with van der Waals surface area (Å²) >= 11 is 3.35. The summed E-state index contributed by atoms with van der Waals surface area (Å²) in [5.74, 6) is 0.684. The molecule has 18 heavy (non-hydrogen) atoms. The molecule has 0 fully saturated rings. The lowest BCUT2D eigenvalue weighted by Gasteiger charge is -2.11. The molecule has 0 aliphatic carbocycles. The third-order valence-electron chi connectivity index (χ3n) is 2.47. The van der Waals surface area contributed by atoms with Crippen molar-refractivity contribution in [3.63, 3.8) is 0 Å². The molecule has 0 bridgehead atoms. The summed E-state index contributed by atoms with van der Waals surface area (Å²) in [6.45, 7) is 4.05. The second-order valence-corrected chi connectivity index (χ2v) is 7.36. The van der Waals surface area contributed by atoms with Crippen LogP contribution in [0.25, 0.3) is 0 Å². The predicted molar refractivity (Wildman–Crippen MR) is 77.5 cm³/mol. The van der Waals surface area contributed by atoms with E-state index in [1.165, 1.54) is 0 Å². The number of unbranched alkanes of at least 4 members (excludes halogenated alkanes) is 1. The molecule has 0 heterocycles. The van der Waals surface area contributed by atoms with Gasteiger partial charge in [0.15, 0.2) is 0 Å². The summed E-state index contributed by atoms with van der Waals surface area (Å²) in [5.41, 5.74) is 1.22. The first-order chi connectivity index (χ1) is 8.36. The highest BCUT2D eigenvalue weighted by Crippen LogP contribution is 2.28. The van der Waals surface area contributed by atoms with E-state index in [1.807, 2.05) is 0 Å². The highest BCUT2D eigenvalue weighted by molar-refractivity contribution is 9.09. The lowest BCUT2D eigenvalue weighted by atomic mass is 10.1. The molecule has 3 nitrogen and oxygen atoms in total. The van der Waals surface area contributed by atoms with Gasteiger partial charge in [-0.3, -0.25) is 0 Å². The molecular formula is C12H16BrClO3S. The van der Waals surface area contributed by atoms with Gasteiger partial charge in [0.25, 0.3) is 9.05 Å². The van der Waals surface area contributed by atoms with Crippen molar-refractivity contribution in [3.8, 4) is 5.75 Å². The minimum Gasteiger partial charge on any atom is -0.494 e. The fourth-order valence-corrected chi connectivity index (χ4v) is 3.78. The van der Waals surface area contributed by atoms with Crippen molar-refractivity contribution < 1.29 is 13.2 Å². The van der Waals surface area contributed by atoms with Gasteiger partial charge in [-0.15, -0.1) is 0 Å². The fraction of sp³-hybridized carbons (Fsp3) is 0.500. The Morgan fingerprint density at radius 2 is 1.78 bits per heavy atom. The molecule has 1 rings (SSSR count). The van der Waals surface area contributed by atoms with E-state index in [2.05, 4.69) is 15.9 Å². The summed E-state index contributed by atoms with van der Waals surface area (Å²) in [7, 11) is 1.69. The second kappa shape index (κ2) is 6.78. The van der Waals surface area contributed by atoms with Crippen LogP contribution in [0.2, 0.25) is 0 Å². The number of halogens is 2. The summed E-state index contributed by atoms with van der Waals surface area (Å²) in [6, 6.07) is 3.41. The van der Waals surface area contributed by atoms with Gasteiger partial charge in [-0.1, -0.05) is 15.9 Å². The Kier molecular flexibility index (Phi) is 5.95. The fourth-order valence-electron chi connectivity index (χ4n) is 1.77. The van der Waals surface area contributed by atoms with Gasteiger partial charge in [-0.2, -0.15) is 0 Å². The van der Waals surface area contributed by atoms with E-state index in [0.717, 1.165) is 18.2 Å². The monoisotopic (exact) mass is 354 g/mol. The largest absolute Gasteiger partial charge is 0.494 e. The van der Waals surface area contributed by atoms with Crippen molar-refractivity contribution in [1.29, 1.82) is 0 Å². The molecule has 1 aromatic carbocycles. The van der Waals surface area contributed by atoms with Gasteiger partial charge in [0.1, 0.15) is 5.75 Å². The Morgan fingerprint density at radius 1 is 1.22 bits per heavy atom. The molecule has 0 aliphatic heterocycles. The van der Waals surface area contributed by atoms with E-state index in [0.29, 0.717) is 23.5 Å². The van der Waals surface area contributed by atoms with Crippen LogP contribution in [0.3, 0.4) is 0 Å². The quantitative estimate of drug-likeness (QED) is 0.443. The minimum atomic E-state index is -3.70. The number of aryl methyl sites for hydroxylation is 2. The third kappa shape index (κ3) is 4.44. The minimum absolute atomic E-state index is 0.178. The first-order valence-corrected chi connectivity index (χ1v) is 9.04. The van der Waals surface area contributed by atoms with E-state index >= 15 is 0 Å². The number of alkyl halides is 1. The molecule has 0 atom stereocenters. The first kappa shape index (κ1) is 15.8. The molecule has 102 valence electrons. The van der Waals surface area contributed by atoms with Crippen molar-refractivity contribution in [1.82, 2.24) is 0 Å². The SMILES string of the molecule is Cc1cc(OCCCCBr)cc(C)c1S(=O)(=O)Cl. The van der Waals surface area contributed by atoms with Crippen LogP contribution in [-0.4, -0.2) is 20.4 Å². The summed E-state index contributed by atoms with van der Waals surface area (Å²) in [5, 5.41) is 0.956. The standard InChI is InChI=1S/C12H16BrClO3S/c1-9-7-11(17-6-4-3-5-13)8-10(2)12(9)18(14,15)16/h7-8H,3-6H2,1-2H3. The van der Waals surface area contributed by atoms with Crippen LogP contribution in [0.1, 0.15) is 24.0 Å². The maximum Gasteiger partial charge on any atom is 0.261 e. The Bertz CT molecular complexity index is 491. The van der Waals surface area contributed by atoms with Gasteiger partial charge in [-0.05, 0) is 49.9 Å². The van der Waals surface area contributed by atoms with E-state index in [4.69, 9.17) is 15.4 Å². The van der Waals surface area contributed by atoms with Crippen LogP contribution in [0.5, 0.6) is 5.75 Å². The Balaban J connectivity index is 2.87. The van der Waals surface area contributed by atoms with Crippen molar-refractivity contribution >= 4 is 35.7 Å². The predicted octanol–water partition coefficient (Wildman–Crippen LogP) is 3.78. The van der Waals surface area contributed by atoms with E-state index in [9.17, 15) is 8.42 Å². The van der Waals surface area contributed by atoms with Gasteiger partial charge in [0.2, 0.25) is 0 Å². The first-order valence-electron chi connectivity index (χ1n) is 5.61. The Morgan fingerprint density at radius 3 is 2.22 bits per heavy atom. The van der Waals surface area contributed by atoms with Crippen LogP contribution in [0, 0.1) is 13.8 Å². The third-order valence-corrected chi connectivity index (χ3v) is 4.63. The van der Waals surface area contributed by atoms with Gasteiger partial charge in [-0.25, -0.2) is 8.42 Å². The number of rotatable bonds is 6. The maximum atomic E-state index is 11.4. The van der Waals surface area contributed by atoms with Crippen molar-refractivity contribution in [2.24, 2.45) is 0 Å². The second-order valence-electron chi connectivity index (χ2n) is 4.07. The molecule has 0 N–H and O–H groups in total. The maximum absolute atomic E-state index is 11.4. The molecule has 0 unspecified atom stereocenters. The van der Waals surface area contributed by atoms with Crippen molar-refractivity contribution in [2.75, 3.05) is 11.9 Å². The zero-order valence-corrected chi connectivity index (χ0v) is 13.5. The van der Waals surface area contributed by atoms with Crippen LogP contribution >= 0.6 is 26.6 Å². The summed E-state index contributed by atoms with van der Waals surface area (Å²) in [6.07, 6.45) is 2.00. The number of ether oxygens (including phenoxy) is 1. The van der Waals surface area contributed by atoms with Crippen LogP contribution in [0.15, 0.2) is 17.0 Å². The zero-order valence-electron chi connectivity index (χ0n) is 10.4. The average molecular weight is 356 g/mol. The van der Waals surface area contributed by atoms with Crippen molar-refractivity contribution in [2.45, 2.75) is 31.6 Å². The average Bonchev–Trinajstić information content (AvgIpc) is 2.21. The van der Waals surface area contributed by atoms with Crippen LogP contribution in [0.4, 0.5) is 0 Å². The molecule has 1 aromatic rings. The number of benzene rings is 1. The molecule has 0 aliphatic rings. The van der Waals surface area contributed by atoms with E-state index < -0.39 is 9.05 Å². The van der Waals surface area contributed by atoms with E-state index in [1.54, 1.807) is 26.0 Å². The smallest absolute Gasteiger partial charge is 0.261 e. The van der Waals surface area contributed by atoms with Gasteiger partial charge < -0.3 is 4.74 Å². The van der Waals surface area contributed by atoms with Crippen LogP contribution < -0.4 is 4.74 Å². The molecule has 0 aromatic heterocycles. The van der Waals surface area contributed by atoms with E-state index in [-0.39, 0.29) is 4.90 Å². The summed E-state index contributed by atoms with van der Waals surface area (Å²) in [4.78, 5) is 0.178. The highest BCUT2D eigenvalue weighted by Gasteiger charge is 2.17. The normalized spacial score (nSPS) is 11.6. The Labute approximate surface area is 121 Å². The molecule has 0 radical (unpaired) electrons. The molecule has 6 heteroatoms. The Hall–Kier alpha value is -0.260. The van der Waals surface area contributed by atoms with Crippen molar-refractivity contribution in [3.05, 3.63) is 23.3 Å². The van der Waals surface area contributed by atoms with Crippen LogP contribution in [-0.2, 0) is 9.05 Å². The molecule has 0 saturated heterocycles. The molecule has 0 spiro atoms. The zero-order chi connectivity index (χ0) is 13.8. The van der Waals surface area contributed by atoms with Gasteiger partial charge >= 0.3 is 0 Å². The lowest BCUT2D eigenvalue weighted by Crippen LogP contribution is -2.02. The number of hydrogen-bond acceptors (Lipinski definition) is 3. The topological polar surface area (TPSA) is 43.4 Å². The lowest BCUT2D eigenvalue weighted by molar-refractivity contribution is 0.309. The highest BCUT2D eigenvalue weighted by atomic mass is 79.9. The molecule has 0 amide bonds. The summed E-state index contributed by atoms with van der Waals surface area (Å²) < 4.78 is 28.4.